The molecule has 0 spiro atoms. The lowest BCUT2D eigenvalue weighted by Gasteiger charge is -2.57. The molecule has 0 atom stereocenters. The van der Waals surface area contributed by atoms with Crippen molar-refractivity contribution in [3.63, 3.8) is 0 Å². The minimum absolute atomic E-state index is 0.0385. The van der Waals surface area contributed by atoms with Crippen molar-refractivity contribution >= 4 is 15.9 Å². The Morgan fingerprint density at radius 3 is 2.03 bits per heavy atom. The van der Waals surface area contributed by atoms with Gasteiger partial charge in [-0.15, -0.1) is 0 Å². The van der Waals surface area contributed by atoms with Gasteiger partial charge in [0.1, 0.15) is 12.4 Å². The molecular formula is C23H33N3O4S. The lowest BCUT2D eigenvalue weighted by Crippen LogP contribution is -2.58. The largest absolute Gasteiger partial charge is 0.492 e. The number of nitrogens with zero attached hydrogens (tertiary/aromatic N) is 2. The predicted molar refractivity (Wildman–Crippen MR) is 117 cm³/mol. The molecule has 1 amide bonds. The maximum Gasteiger partial charge on any atom is 0.238 e. The van der Waals surface area contributed by atoms with E-state index in [1.165, 1.54) is 31.4 Å². The first-order chi connectivity index (χ1) is 14.8. The van der Waals surface area contributed by atoms with Crippen molar-refractivity contribution in [2.45, 2.75) is 43.4 Å². The molecule has 8 heteroatoms. The molecule has 170 valence electrons. The number of primary sulfonamides is 1. The van der Waals surface area contributed by atoms with Crippen LogP contribution >= 0.6 is 0 Å². The van der Waals surface area contributed by atoms with Crippen LogP contribution in [0.3, 0.4) is 0 Å². The second-order valence-corrected chi connectivity index (χ2v) is 11.8. The van der Waals surface area contributed by atoms with Gasteiger partial charge in [-0.3, -0.25) is 9.69 Å². The quantitative estimate of drug-likeness (QED) is 0.721. The van der Waals surface area contributed by atoms with E-state index in [4.69, 9.17) is 9.88 Å². The third kappa shape index (κ3) is 4.34. The zero-order chi connectivity index (χ0) is 21.6. The van der Waals surface area contributed by atoms with Crippen LogP contribution in [0.15, 0.2) is 29.2 Å². The van der Waals surface area contributed by atoms with E-state index in [9.17, 15) is 13.2 Å². The molecule has 1 saturated heterocycles. The van der Waals surface area contributed by atoms with E-state index in [2.05, 4.69) is 9.80 Å². The highest BCUT2D eigenvalue weighted by molar-refractivity contribution is 7.89. The molecule has 6 rings (SSSR count). The summed E-state index contributed by atoms with van der Waals surface area (Å²) < 4.78 is 28.4. The molecule has 0 radical (unpaired) electrons. The summed E-state index contributed by atoms with van der Waals surface area (Å²) in [5.74, 6) is 3.47. The number of carbonyl (C=O) groups is 1. The number of amides is 1. The van der Waals surface area contributed by atoms with Crippen molar-refractivity contribution < 1.29 is 17.9 Å². The highest BCUT2D eigenvalue weighted by atomic mass is 32.2. The molecule has 0 aromatic heterocycles. The number of hydrogen-bond acceptors (Lipinski definition) is 5. The summed E-state index contributed by atoms with van der Waals surface area (Å²) in [5.41, 5.74) is -0.0385. The van der Waals surface area contributed by atoms with Gasteiger partial charge in [0.2, 0.25) is 15.9 Å². The molecule has 1 aromatic rings. The van der Waals surface area contributed by atoms with E-state index in [-0.39, 0.29) is 10.3 Å². The smallest absolute Gasteiger partial charge is 0.238 e. The zero-order valence-electron chi connectivity index (χ0n) is 18.0. The second-order valence-electron chi connectivity index (χ2n) is 10.2. The predicted octanol–water partition coefficient (Wildman–Crippen LogP) is 2.07. The van der Waals surface area contributed by atoms with E-state index in [0.29, 0.717) is 18.3 Å². The molecule has 5 aliphatic rings. The zero-order valence-corrected chi connectivity index (χ0v) is 18.9. The fourth-order valence-electron chi connectivity index (χ4n) is 6.90. The molecule has 31 heavy (non-hydrogen) atoms. The Balaban J connectivity index is 1.08. The van der Waals surface area contributed by atoms with Crippen LogP contribution in [0.5, 0.6) is 5.75 Å². The van der Waals surface area contributed by atoms with E-state index in [0.717, 1.165) is 69.7 Å². The summed E-state index contributed by atoms with van der Waals surface area (Å²) in [6, 6.07) is 6.17. The molecule has 2 N–H and O–H groups in total. The van der Waals surface area contributed by atoms with Gasteiger partial charge in [0.25, 0.3) is 0 Å². The first-order valence-electron chi connectivity index (χ1n) is 11.6. The number of sulfonamides is 1. The van der Waals surface area contributed by atoms with Gasteiger partial charge in [-0.25, -0.2) is 13.6 Å². The number of carbonyl (C=O) groups excluding carboxylic acids is 1. The van der Waals surface area contributed by atoms with Crippen LogP contribution in [-0.4, -0.2) is 63.5 Å². The maximum absolute atomic E-state index is 13.5. The summed E-state index contributed by atoms with van der Waals surface area (Å²) in [4.78, 5) is 18.0. The Morgan fingerprint density at radius 2 is 1.52 bits per heavy atom. The van der Waals surface area contributed by atoms with Crippen LogP contribution in [0.25, 0.3) is 0 Å². The third-order valence-corrected chi connectivity index (χ3v) is 8.91. The lowest BCUT2D eigenvalue weighted by atomic mass is 9.49. The molecule has 7 nitrogen and oxygen atoms in total. The van der Waals surface area contributed by atoms with Crippen LogP contribution in [0.4, 0.5) is 0 Å². The van der Waals surface area contributed by atoms with E-state index < -0.39 is 10.0 Å². The average molecular weight is 448 g/mol. The van der Waals surface area contributed by atoms with Gasteiger partial charge in [0.15, 0.2) is 0 Å². The van der Waals surface area contributed by atoms with Crippen molar-refractivity contribution in [2.24, 2.45) is 28.3 Å². The SMILES string of the molecule is NS(=O)(=O)c1ccc(OCCN2CCN(C(=O)C34CC5CC(CC(C5)C3)C4)CC2)cc1. The normalized spacial score (nSPS) is 32.9. The van der Waals surface area contributed by atoms with Crippen LogP contribution in [0, 0.1) is 23.2 Å². The van der Waals surface area contributed by atoms with E-state index >= 15 is 0 Å². The maximum atomic E-state index is 13.5. The van der Waals surface area contributed by atoms with Crippen LogP contribution in [0.2, 0.25) is 0 Å². The van der Waals surface area contributed by atoms with Crippen molar-refractivity contribution in [3.8, 4) is 5.75 Å². The summed E-state index contributed by atoms with van der Waals surface area (Å²) >= 11 is 0. The number of rotatable bonds is 6. The first kappa shape index (κ1) is 21.2. The average Bonchev–Trinajstić information content (AvgIpc) is 2.72. The van der Waals surface area contributed by atoms with Gasteiger partial charge in [-0.2, -0.15) is 0 Å². The standard InChI is InChI=1S/C23H33N3O4S/c24-31(28,29)21-3-1-20(2-4-21)30-10-9-25-5-7-26(8-6-25)22(27)23-14-17-11-18(15-23)13-19(12-17)16-23/h1-4,17-19H,5-16H2,(H2,24,28,29). The van der Waals surface area contributed by atoms with Gasteiger partial charge in [0.05, 0.1) is 10.3 Å². The number of nitrogens with two attached hydrogens (primary N) is 1. The van der Waals surface area contributed by atoms with Crippen molar-refractivity contribution in [3.05, 3.63) is 24.3 Å². The minimum Gasteiger partial charge on any atom is -0.492 e. The van der Waals surface area contributed by atoms with Gasteiger partial charge < -0.3 is 9.64 Å². The van der Waals surface area contributed by atoms with Gasteiger partial charge in [-0.05, 0) is 80.5 Å². The van der Waals surface area contributed by atoms with E-state index in [1.54, 1.807) is 12.1 Å². The summed E-state index contributed by atoms with van der Waals surface area (Å²) in [7, 11) is -3.68. The highest BCUT2D eigenvalue weighted by Crippen LogP contribution is 2.60. The van der Waals surface area contributed by atoms with Crippen LogP contribution in [-0.2, 0) is 14.8 Å². The molecule has 4 bridgehead atoms. The number of piperazine rings is 1. The van der Waals surface area contributed by atoms with Crippen molar-refractivity contribution in [1.82, 2.24) is 9.80 Å². The van der Waals surface area contributed by atoms with E-state index in [1.807, 2.05) is 0 Å². The monoisotopic (exact) mass is 447 g/mol. The highest BCUT2D eigenvalue weighted by Gasteiger charge is 2.55. The molecule has 0 unspecified atom stereocenters. The Kier molecular flexibility index (Phi) is 5.51. The van der Waals surface area contributed by atoms with Crippen molar-refractivity contribution in [2.75, 3.05) is 39.3 Å². The minimum atomic E-state index is -3.68. The van der Waals surface area contributed by atoms with Gasteiger partial charge in [0, 0.05) is 32.7 Å². The fourth-order valence-corrected chi connectivity index (χ4v) is 7.42. The van der Waals surface area contributed by atoms with Gasteiger partial charge >= 0.3 is 0 Å². The molecule has 1 aliphatic heterocycles. The lowest BCUT2D eigenvalue weighted by molar-refractivity contribution is -0.159. The third-order valence-electron chi connectivity index (χ3n) is 7.98. The summed E-state index contributed by atoms with van der Waals surface area (Å²) in [6.45, 7) is 4.69. The summed E-state index contributed by atoms with van der Waals surface area (Å²) in [6.07, 6.45) is 7.50. The van der Waals surface area contributed by atoms with Crippen molar-refractivity contribution in [1.29, 1.82) is 0 Å². The van der Waals surface area contributed by atoms with Crippen LogP contribution < -0.4 is 9.88 Å². The Hall–Kier alpha value is -1.64. The molecule has 4 aliphatic carbocycles. The number of ether oxygens (including phenoxy) is 1. The molecule has 1 aromatic carbocycles. The van der Waals surface area contributed by atoms with Crippen LogP contribution in [0.1, 0.15) is 38.5 Å². The molecule has 1 heterocycles. The van der Waals surface area contributed by atoms with Gasteiger partial charge in [-0.1, -0.05) is 0 Å². The fraction of sp³-hybridized carbons (Fsp3) is 0.696. The second kappa shape index (κ2) is 8.05. The topological polar surface area (TPSA) is 92.9 Å². The Bertz CT molecular complexity index is 887. The Morgan fingerprint density at radius 1 is 0.968 bits per heavy atom. The Labute approximate surface area is 185 Å². The summed E-state index contributed by atoms with van der Waals surface area (Å²) in [5, 5.41) is 5.12. The first-order valence-corrected chi connectivity index (χ1v) is 13.1. The number of benzene rings is 1. The molecular weight excluding hydrogens is 414 g/mol. The number of hydrogen-bond donors (Lipinski definition) is 1. The molecule has 4 saturated carbocycles. The molecule has 5 fully saturated rings.